The summed E-state index contributed by atoms with van der Waals surface area (Å²) in [5.41, 5.74) is 3.02. The number of aryl methyl sites for hydroxylation is 2. The lowest BCUT2D eigenvalue weighted by molar-refractivity contribution is -0.138. The Morgan fingerprint density at radius 1 is 1.00 bits per heavy atom. The van der Waals surface area contributed by atoms with E-state index in [1.807, 2.05) is 32.0 Å². The van der Waals surface area contributed by atoms with Gasteiger partial charge in [0.05, 0.1) is 16.8 Å². The Labute approximate surface area is 172 Å². The number of amides is 3. The van der Waals surface area contributed by atoms with Crippen LogP contribution in [0.1, 0.15) is 44.7 Å². The SMILES string of the molecule is Cc1ccc(C)c(N2N=C(C(=O)OCN3C(=O)c4ccccc4C3=O)CCC2=O)c1. The van der Waals surface area contributed by atoms with Crippen molar-refractivity contribution in [1.82, 2.24) is 4.90 Å². The molecule has 2 heterocycles. The average Bonchev–Trinajstić information content (AvgIpc) is 2.99. The Balaban J connectivity index is 1.50. The molecule has 0 unspecified atom stereocenters. The van der Waals surface area contributed by atoms with Crippen LogP contribution in [0.5, 0.6) is 0 Å². The van der Waals surface area contributed by atoms with Gasteiger partial charge in [0.1, 0.15) is 5.71 Å². The van der Waals surface area contributed by atoms with Gasteiger partial charge in [0, 0.05) is 12.8 Å². The Morgan fingerprint density at radius 3 is 2.33 bits per heavy atom. The zero-order valence-electron chi connectivity index (χ0n) is 16.5. The number of carbonyl (C=O) groups excluding carboxylic acids is 4. The predicted molar refractivity (Wildman–Crippen MR) is 108 cm³/mol. The summed E-state index contributed by atoms with van der Waals surface area (Å²) in [6.07, 6.45) is 0.232. The van der Waals surface area contributed by atoms with E-state index in [1.54, 1.807) is 24.3 Å². The van der Waals surface area contributed by atoms with Crippen LogP contribution >= 0.6 is 0 Å². The fraction of sp³-hybridized carbons (Fsp3) is 0.227. The van der Waals surface area contributed by atoms with E-state index >= 15 is 0 Å². The molecule has 3 amide bonds. The number of ether oxygens (including phenoxy) is 1. The van der Waals surface area contributed by atoms with E-state index in [-0.39, 0.29) is 35.6 Å². The van der Waals surface area contributed by atoms with Gasteiger partial charge in [-0.25, -0.2) is 9.69 Å². The van der Waals surface area contributed by atoms with Crippen LogP contribution in [-0.4, -0.2) is 41.0 Å². The highest BCUT2D eigenvalue weighted by Crippen LogP contribution is 2.26. The summed E-state index contributed by atoms with van der Waals surface area (Å²) in [6, 6.07) is 12.1. The van der Waals surface area contributed by atoms with Crippen LogP contribution in [-0.2, 0) is 14.3 Å². The zero-order chi connectivity index (χ0) is 21.4. The van der Waals surface area contributed by atoms with Gasteiger partial charge in [-0.05, 0) is 43.2 Å². The number of imide groups is 1. The number of rotatable bonds is 4. The molecule has 0 atom stereocenters. The highest BCUT2D eigenvalue weighted by molar-refractivity contribution is 6.38. The molecule has 2 aromatic rings. The topological polar surface area (TPSA) is 96.3 Å². The zero-order valence-corrected chi connectivity index (χ0v) is 16.5. The third kappa shape index (κ3) is 3.36. The summed E-state index contributed by atoms with van der Waals surface area (Å²) in [5.74, 6) is -2.02. The monoisotopic (exact) mass is 405 g/mol. The summed E-state index contributed by atoms with van der Waals surface area (Å²) >= 11 is 0. The second-order valence-electron chi connectivity index (χ2n) is 7.19. The van der Waals surface area contributed by atoms with Crippen molar-refractivity contribution in [2.75, 3.05) is 11.7 Å². The second kappa shape index (κ2) is 7.55. The lowest BCUT2D eigenvalue weighted by atomic mass is 10.1. The molecule has 2 aromatic carbocycles. The quantitative estimate of drug-likeness (QED) is 0.575. The fourth-order valence-electron chi connectivity index (χ4n) is 3.40. The molecule has 2 aliphatic heterocycles. The number of hydrogen-bond acceptors (Lipinski definition) is 6. The van der Waals surface area contributed by atoms with Crippen molar-refractivity contribution in [3.8, 4) is 0 Å². The van der Waals surface area contributed by atoms with Crippen LogP contribution < -0.4 is 5.01 Å². The molecular weight excluding hydrogens is 386 g/mol. The minimum absolute atomic E-state index is 0.0621. The van der Waals surface area contributed by atoms with Crippen molar-refractivity contribution in [2.45, 2.75) is 26.7 Å². The van der Waals surface area contributed by atoms with Gasteiger partial charge in [0.15, 0.2) is 6.73 Å². The molecule has 4 rings (SSSR count). The highest BCUT2D eigenvalue weighted by Gasteiger charge is 2.36. The molecule has 30 heavy (non-hydrogen) atoms. The summed E-state index contributed by atoms with van der Waals surface area (Å²) in [6.45, 7) is 3.24. The van der Waals surface area contributed by atoms with E-state index < -0.39 is 24.5 Å². The summed E-state index contributed by atoms with van der Waals surface area (Å²) < 4.78 is 5.19. The van der Waals surface area contributed by atoms with Gasteiger partial charge >= 0.3 is 5.97 Å². The van der Waals surface area contributed by atoms with Gasteiger partial charge in [0.25, 0.3) is 11.8 Å². The second-order valence-corrected chi connectivity index (χ2v) is 7.19. The predicted octanol–water partition coefficient (Wildman–Crippen LogP) is 2.58. The fourth-order valence-corrected chi connectivity index (χ4v) is 3.40. The van der Waals surface area contributed by atoms with E-state index in [0.29, 0.717) is 5.69 Å². The van der Waals surface area contributed by atoms with Gasteiger partial charge in [0.2, 0.25) is 5.91 Å². The van der Waals surface area contributed by atoms with E-state index in [2.05, 4.69) is 5.10 Å². The average molecular weight is 405 g/mol. The molecule has 0 spiro atoms. The molecular formula is C22H19N3O5. The molecule has 0 N–H and O–H groups in total. The standard InChI is InChI=1S/C22H19N3O5/c1-13-7-8-14(2)18(11-13)25-19(26)10-9-17(23-25)22(29)30-12-24-20(27)15-5-3-4-6-16(15)21(24)28/h3-8,11H,9-10,12H2,1-2H3. The van der Waals surface area contributed by atoms with E-state index in [1.165, 1.54) is 5.01 Å². The molecule has 0 aromatic heterocycles. The molecule has 2 aliphatic rings. The van der Waals surface area contributed by atoms with Crippen molar-refractivity contribution in [3.05, 3.63) is 64.7 Å². The number of hydrogen-bond donors (Lipinski definition) is 0. The Bertz CT molecular complexity index is 1090. The van der Waals surface area contributed by atoms with Crippen LogP contribution in [0, 0.1) is 13.8 Å². The number of esters is 1. The van der Waals surface area contributed by atoms with Crippen molar-refractivity contribution >= 4 is 35.1 Å². The number of carbonyl (C=O) groups is 4. The molecule has 0 saturated heterocycles. The van der Waals surface area contributed by atoms with Crippen molar-refractivity contribution in [2.24, 2.45) is 5.10 Å². The number of fused-ring (bicyclic) bond motifs is 1. The van der Waals surface area contributed by atoms with Crippen LogP contribution in [0.4, 0.5) is 5.69 Å². The van der Waals surface area contributed by atoms with Crippen LogP contribution in [0.15, 0.2) is 47.6 Å². The van der Waals surface area contributed by atoms with Crippen molar-refractivity contribution < 1.29 is 23.9 Å². The van der Waals surface area contributed by atoms with E-state index in [0.717, 1.165) is 16.0 Å². The lowest BCUT2D eigenvalue weighted by Gasteiger charge is -2.24. The molecule has 8 nitrogen and oxygen atoms in total. The summed E-state index contributed by atoms with van der Waals surface area (Å²) in [4.78, 5) is 50.5. The Hall–Kier alpha value is -3.81. The molecule has 0 radical (unpaired) electrons. The molecule has 8 heteroatoms. The Kier molecular flexibility index (Phi) is 4.91. The lowest BCUT2D eigenvalue weighted by Crippen LogP contribution is -2.38. The molecule has 152 valence electrons. The first-order valence-electron chi connectivity index (χ1n) is 9.47. The number of nitrogens with zero attached hydrogens (tertiary/aromatic N) is 3. The number of hydrazone groups is 1. The van der Waals surface area contributed by atoms with Crippen LogP contribution in [0.25, 0.3) is 0 Å². The summed E-state index contributed by atoms with van der Waals surface area (Å²) in [5, 5.41) is 5.41. The number of anilines is 1. The Morgan fingerprint density at radius 2 is 1.67 bits per heavy atom. The minimum atomic E-state index is -0.769. The molecule has 0 fully saturated rings. The third-order valence-electron chi connectivity index (χ3n) is 5.06. The van der Waals surface area contributed by atoms with Crippen LogP contribution in [0.2, 0.25) is 0 Å². The largest absolute Gasteiger partial charge is 0.439 e. The summed E-state index contributed by atoms with van der Waals surface area (Å²) in [7, 11) is 0. The number of benzene rings is 2. The van der Waals surface area contributed by atoms with Gasteiger partial charge in [-0.2, -0.15) is 10.1 Å². The minimum Gasteiger partial charge on any atom is -0.439 e. The maximum Gasteiger partial charge on any atom is 0.356 e. The van der Waals surface area contributed by atoms with Crippen LogP contribution in [0.3, 0.4) is 0 Å². The first-order valence-corrected chi connectivity index (χ1v) is 9.47. The molecule has 0 saturated carbocycles. The highest BCUT2D eigenvalue weighted by atomic mass is 16.5. The first-order chi connectivity index (χ1) is 14.4. The molecule has 0 bridgehead atoms. The normalized spacial score (nSPS) is 15.9. The van der Waals surface area contributed by atoms with Crippen molar-refractivity contribution in [1.29, 1.82) is 0 Å². The maximum atomic E-state index is 12.5. The van der Waals surface area contributed by atoms with E-state index in [9.17, 15) is 19.2 Å². The van der Waals surface area contributed by atoms with Gasteiger partial charge in [-0.3, -0.25) is 14.4 Å². The van der Waals surface area contributed by atoms with E-state index in [4.69, 9.17) is 4.74 Å². The van der Waals surface area contributed by atoms with Gasteiger partial charge in [-0.1, -0.05) is 24.3 Å². The smallest absolute Gasteiger partial charge is 0.356 e. The van der Waals surface area contributed by atoms with Gasteiger partial charge in [-0.15, -0.1) is 0 Å². The first kappa shape index (κ1) is 19.5. The maximum absolute atomic E-state index is 12.5. The van der Waals surface area contributed by atoms with Crippen molar-refractivity contribution in [3.63, 3.8) is 0 Å². The molecule has 0 aliphatic carbocycles. The van der Waals surface area contributed by atoms with Gasteiger partial charge < -0.3 is 4.74 Å². The third-order valence-corrected chi connectivity index (χ3v) is 5.06.